The van der Waals surface area contributed by atoms with Crippen LogP contribution in [0.3, 0.4) is 0 Å². The minimum absolute atomic E-state index is 0.00307. The van der Waals surface area contributed by atoms with Crippen LogP contribution < -0.4 is 10.1 Å². The quantitative estimate of drug-likeness (QED) is 0.599. The number of sulfonamides is 1. The lowest BCUT2D eigenvalue weighted by molar-refractivity contribution is -0.126. The van der Waals surface area contributed by atoms with Crippen LogP contribution in [0.25, 0.3) is 0 Å². The van der Waals surface area contributed by atoms with Crippen molar-refractivity contribution in [3.8, 4) is 5.75 Å². The van der Waals surface area contributed by atoms with Crippen molar-refractivity contribution in [3.63, 3.8) is 0 Å². The predicted molar refractivity (Wildman–Crippen MR) is 112 cm³/mol. The van der Waals surface area contributed by atoms with Crippen LogP contribution in [0.2, 0.25) is 0 Å². The maximum absolute atomic E-state index is 12.6. The smallest absolute Gasteiger partial charge is 0.223 e. The van der Waals surface area contributed by atoms with Gasteiger partial charge < -0.3 is 10.1 Å². The lowest BCUT2D eigenvalue weighted by Gasteiger charge is -2.31. The van der Waals surface area contributed by atoms with Crippen molar-refractivity contribution < 1.29 is 17.9 Å². The molecule has 0 unspecified atom stereocenters. The van der Waals surface area contributed by atoms with Gasteiger partial charge in [0.15, 0.2) is 0 Å². The first-order valence-electron chi connectivity index (χ1n) is 10.4. The van der Waals surface area contributed by atoms with E-state index in [1.54, 1.807) is 0 Å². The van der Waals surface area contributed by atoms with Gasteiger partial charge in [-0.1, -0.05) is 32.4 Å². The van der Waals surface area contributed by atoms with E-state index >= 15 is 0 Å². The number of carbonyl (C=O) groups excluding carboxylic acids is 1. The van der Waals surface area contributed by atoms with Gasteiger partial charge in [-0.2, -0.15) is 0 Å². The first kappa shape index (κ1) is 22.7. The second-order valence-electron chi connectivity index (χ2n) is 7.49. The van der Waals surface area contributed by atoms with Crippen molar-refractivity contribution in [1.29, 1.82) is 0 Å². The van der Waals surface area contributed by atoms with Crippen LogP contribution in [0.4, 0.5) is 0 Å². The van der Waals surface area contributed by atoms with Crippen molar-refractivity contribution in [3.05, 3.63) is 29.8 Å². The Balaban J connectivity index is 1.83. The Bertz CT molecular complexity index is 710. The topological polar surface area (TPSA) is 75.7 Å². The number of hydrogen-bond acceptors (Lipinski definition) is 4. The molecule has 1 aromatic rings. The molecule has 2 rings (SSSR count). The lowest BCUT2D eigenvalue weighted by atomic mass is 9.96. The standard InChI is InChI=1S/C21H34N2O4S/c1-4-6-15-27-20-9-7-18(8-10-20)17(3)22-21(24)19-11-13-23(14-12-19)28(25,26)16-5-2/h7-10,17,19H,4-6,11-16H2,1-3H3,(H,22,24)/t17-/m0/s1. The predicted octanol–water partition coefficient (Wildman–Crippen LogP) is 3.49. The zero-order chi connectivity index (χ0) is 20.6. The van der Waals surface area contributed by atoms with Gasteiger partial charge >= 0.3 is 0 Å². The van der Waals surface area contributed by atoms with Crippen molar-refractivity contribution >= 4 is 15.9 Å². The van der Waals surface area contributed by atoms with E-state index in [1.165, 1.54) is 4.31 Å². The van der Waals surface area contributed by atoms with Crippen LogP contribution >= 0.6 is 0 Å². The third-order valence-electron chi connectivity index (χ3n) is 5.19. The largest absolute Gasteiger partial charge is 0.494 e. The summed E-state index contributed by atoms with van der Waals surface area (Å²) in [6.07, 6.45) is 3.90. The van der Waals surface area contributed by atoms with Crippen LogP contribution in [-0.2, 0) is 14.8 Å². The maximum Gasteiger partial charge on any atom is 0.223 e. The van der Waals surface area contributed by atoms with Gasteiger partial charge in [0.05, 0.1) is 18.4 Å². The fourth-order valence-corrected chi connectivity index (χ4v) is 4.93. The number of unbranched alkanes of at least 4 members (excludes halogenated alkanes) is 1. The molecule has 1 saturated heterocycles. The highest BCUT2D eigenvalue weighted by molar-refractivity contribution is 7.89. The van der Waals surface area contributed by atoms with E-state index in [-0.39, 0.29) is 23.6 Å². The fourth-order valence-electron chi connectivity index (χ4n) is 3.38. The summed E-state index contributed by atoms with van der Waals surface area (Å²) in [4.78, 5) is 12.6. The van der Waals surface area contributed by atoms with E-state index in [2.05, 4.69) is 12.2 Å². The van der Waals surface area contributed by atoms with E-state index in [4.69, 9.17) is 4.74 Å². The Kier molecular flexibility index (Phi) is 8.76. The van der Waals surface area contributed by atoms with Gasteiger partial charge in [-0.05, 0) is 50.3 Å². The van der Waals surface area contributed by atoms with Gasteiger partial charge in [-0.25, -0.2) is 12.7 Å². The third-order valence-corrected chi connectivity index (χ3v) is 7.26. The van der Waals surface area contributed by atoms with Gasteiger partial charge in [0.25, 0.3) is 0 Å². The molecule has 0 bridgehead atoms. The Morgan fingerprint density at radius 3 is 2.39 bits per heavy atom. The molecule has 1 heterocycles. The Morgan fingerprint density at radius 1 is 1.18 bits per heavy atom. The number of nitrogens with one attached hydrogen (secondary N) is 1. The van der Waals surface area contributed by atoms with Crippen LogP contribution in [0.1, 0.15) is 64.5 Å². The molecule has 0 aromatic heterocycles. The van der Waals surface area contributed by atoms with Gasteiger partial charge in [0.1, 0.15) is 5.75 Å². The van der Waals surface area contributed by atoms with E-state index in [9.17, 15) is 13.2 Å². The number of nitrogens with zero attached hydrogens (tertiary/aromatic N) is 1. The summed E-state index contributed by atoms with van der Waals surface area (Å²) in [7, 11) is -3.17. The summed E-state index contributed by atoms with van der Waals surface area (Å²) < 4.78 is 31.5. The Hall–Kier alpha value is -1.60. The molecule has 6 nitrogen and oxygen atoms in total. The molecule has 1 fully saturated rings. The second kappa shape index (κ2) is 10.8. The number of ether oxygens (including phenoxy) is 1. The lowest BCUT2D eigenvalue weighted by Crippen LogP contribution is -2.44. The van der Waals surface area contributed by atoms with E-state index < -0.39 is 10.0 Å². The van der Waals surface area contributed by atoms with Crippen LogP contribution in [-0.4, -0.2) is 44.1 Å². The van der Waals surface area contributed by atoms with E-state index in [0.717, 1.165) is 30.8 Å². The molecule has 7 heteroatoms. The van der Waals surface area contributed by atoms with E-state index in [1.807, 2.05) is 38.1 Å². The summed E-state index contributed by atoms with van der Waals surface area (Å²) >= 11 is 0. The Labute approximate surface area is 169 Å². The molecule has 0 radical (unpaired) electrons. The number of piperidine rings is 1. The summed E-state index contributed by atoms with van der Waals surface area (Å²) in [5.74, 6) is 0.894. The second-order valence-corrected chi connectivity index (χ2v) is 9.58. The molecule has 1 N–H and O–H groups in total. The van der Waals surface area contributed by atoms with Crippen LogP contribution in [0.5, 0.6) is 5.75 Å². The molecule has 28 heavy (non-hydrogen) atoms. The summed E-state index contributed by atoms with van der Waals surface area (Å²) in [6.45, 7) is 7.53. The minimum atomic E-state index is -3.17. The molecule has 1 aromatic carbocycles. The number of rotatable bonds is 10. The molecule has 158 valence electrons. The molecule has 1 amide bonds. The average Bonchev–Trinajstić information content (AvgIpc) is 2.68. The van der Waals surface area contributed by atoms with Crippen molar-refractivity contribution in [2.45, 2.75) is 58.9 Å². The summed E-state index contributed by atoms with van der Waals surface area (Å²) in [5, 5.41) is 3.07. The highest BCUT2D eigenvalue weighted by atomic mass is 32.2. The SMILES string of the molecule is CCCCOc1ccc([C@H](C)NC(=O)C2CCN(S(=O)(=O)CCC)CC2)cc1. The average molecular weight is 411 g/mol. The van der Waals surface area contributed by atoms with Crippen LogP contribution in [0, 0.1) is 5.92 Å². The number of benzene rings is 1. The molecule has 1 atom stereocenters. The van der Waals surface area contributed by atoms with E-state index in [0.29, 0.717) is 32.4 Å². The fraction of sp³-hybridized carbons (Fsp3) is 0.667. The molecule has 1 aliphatic heterocycles. The first-order valence-corrected chi connectivity index (χ1v) is 12.0. The number of amides is 1. The molecular weight excluding hydrogens is 376 g/mol. The van der Waals surface area contributed by atoms with Gasteiger partial charge in [0, 0.05) is 19.0 Å². The number of hydrogen-bond donors (Lipinski definition) is 1. The minimum Gasteiger partial charge on any atom is -0.494 e. The zero-order valence-electron chi connectivity index (χ0n) is 17.3. The monoisotopic (exact) mass is 410 g/mol. The molecule has 1 aliphatic rings. The molecule has 0 saturated carbocycles. The highest BCUT2D eigenvalue weighted by Crippen LogP contribution is 2.23. The van der Waals surface area contributed by atoms with Crippen molar-refractivity contribution in [2.75, 3.05) is 25.4 Å². The van der Waals surface area contributed by atoms with Crippen molar-refractivity contribution in [2.24, 2.45) is 5.92 Å². The summed E-state index contributed by atoms with van der Waals surface area (Å²) in [6, 6.07) is 7.73. The molecule has 0 spiro atoms. The maximum atomic E-state index is 12.6. The van der Waals surface area contributed by atoms with Gasteiger partial charge in [-0.15, -0.1) is 0 Å². The first-order chi connectivity index (χ1) is 13.4. The van der Waals surface area contributed by atoms with Crippen molar-refractivity contribution in [1.82, 2.24) is 9.62 Å². The van der Waals surface area contributed by atoms with Gasteiger partial charge in [0.2, 0.25) is 15.9 Å². The van der Waals surface area contributed by atoms with Crippen LogP contribution in [0.15, 0.2) is 24.3 Å². The third kappa shape index (κ3) is 6.48. The summed E-state index contributed by atoms with van der Waals surface area (Å²) in [5.41, 5.74) is 1.03. The highest BCUT2D eigenvalue weighted by Gasteiger charge is 2.31. The van der Waals surface area contributed by atoms with Gasteiger partial charge in [-0.3, -0.25) is 4.79 Å². The molecule has 0 aliphatic carbocycles. The molecular formula is C21H34N2O4S. The normalized spacial score (nSPS) is 17.2. The zero-order valence-corrected chi connectivity index (χ0v) is 18.1. The Morgan fingerprint density at radius 2 is 1.82 bits per heavy atom. The number of carbonyl (C=O) groups is 1.